The minimum atomic E-state index is -1.45. The van der Waals surface area contributed by atoms with Crippen LogP contribution in [-0.2, 0) is 4.79 Å². The van der Waals surface area contributed by atoms with Crippen molar-refractivity contribution in [2.75, 3.05) is 0 Å². The number of hydrogen-bond donors (Lipinski definition) is 4. The first kappa shape index (κ1) is 22.2. The lowest BCUT2D eigenvalue weighted by atomic mass is 9.85. The van der Waals surface area contributed by atoms with Gasteiger partial charge >= 0.3 is 6.03 Å². The van der Waals surface area contributed by atoms with E-state index in [4.69, 9.17) is 5.73 Å². The number of carbonyl (C=O) groups is 3. The number of nitrogens with two attached hydrogens (primary N) is 1. The van der Waals surface area contributed by atoms with Gasteiger partial charge in [0.2, 0.25) is 5.91 Å². The molecule has 7 nitrogen and oxygen atoms in total. The molecule has 1 aliphatic rings. The first-order chi connectivity index (χ1) is 15.7. The molecule has 1 aliphatic heterocycles. The molecule has 3 unspecified atom stereocenters. The molecule has 33 heavy (non-hydrogen) atoms. The molecule has 0 bridgehead atoms. The van der Waals surface area contributed by atoms with E-state index in [0.29, 0.717) is 11.1 Å². The Morgan fingerprint density at radius 1 is 0.970 bits per heavy atom. The van der Waals surface area contributed by atoms with E-state index in [1.54, 1.807) is 18.2 Å². The standard InChI is InChI=1S/C26H25N3O4/c1-15(16-6-4-3-5-7-16)21-14-19(23(27)31)12-13-20(21)17-8-10-18(11-9-17)22(30)26(2)24(32)28-25(33)29-26/h3-15,22,30H,1-2H3,(H2,27,31)(H2,28,29,32,33). The monoisotopic (exact) mass is 443 g/mol. The largest absolute Gasteiger partial charge is 0.385 e. The number of aliphatic hydroxyl groups is 1. The predicted octanol–water partition coefficient (Wildman–Crippen LogP) is 3.24. The predicted molar refractivity (Wildman–Crippen MR) is 124 cm³/mol. The second kappa shape index (κ2) is 8.52. The summed E-state index contributed by atoms with van der Waals surface area (Å²) in [5.74, 6) is -1.07. The van der Waals surface area contributed by atoms with Crippen LogP contribution in [0.1, 0.15) is 52.9 Å². The molecule has 0 spiro atoms. The maximum absolute atomic E-state index is 12.2. The van der Waals surface area contributed by atoms with Crippen molar-refractivity contribution in [1.82, 2.24) is 10.6 Å². The molecule has 0 aromatic heterocycles. The van der Waals surface area contributed by atoms with Crippen LogP contribution in [-0.4, -0.2) is 28.5 Å². The number of primary amides is 1. The summed E-state index contributed by atoms with van der Waals surface area (Å²) in [6, 6.07) is 21.8. The number of carbonyl (C=O) groups excluding carboxylic acids is 3. The van der Waals surface area contributed by atoms with Crippen molar-refractivity contribution >= 4 is 17.8 Å². The van der Waals surface area contributed by atoms with Crippen molar-refractivity contribution in [2.24, 2.45) is 5.73 Å². The van der Waals surface area contributed by atoms with E-state index < -0.39 is 29.5 Å². The summed E-state index contributed by atoms with van der Waals surface area (Å²) in [6.45, 7) is 3.55. The third-order valence-corrected chi connectivity index (χ3v) is 6.26. The van der Waals surface area contributed by atoms with E-state index in [1.165, 1.54) is 6.92 Å². The summed E-state index contributed by atoms with van der Waals surface area (Å²) in [6.07, 6.45) is -1.22. The van der Waals surface area contributed by atoms with Gasteiger partial charge in [0, 0.05) is 11.5 Å². The SMILES string of the molecule is CC(c1ccccc1)c1cc(C(N)=O)ccc1-c1ccc(C(O)C2(C)NC(=O)NC2=O)cc1. The van der Waals surface area contributed by atoms with Gasteiger partial charge in [-0.05, 0) is 46.9 Å². The van der Waals surface area contributed by atoms with E-state index in [1.807, 2.05) is 54.6 Å². The van der Waals surface area contributed by atoms with E-state index >= 15 is 0 Å². The van der Waals surface area contributed by atoms with Gasteiger partial charge < -0.3 is 16.2 Å². The number of urea groups is 1. The second-order valence-electron chi connectivity index (χ2n) is 8.43. The van der Waals surface area contributed by atoms with Crippen molar-refractivity contribution in [3.8, 4) is 11.1 Å². The summed E-state index contributed by atoms with van der Waals surface area (Å²) in [5, 5.41) is 15.4. The number of aliphatic hydroxyl groups excluding tert-OH is 1. The number of nitrogens with one attached hydrogen (secondary N) is 2. The molecule has 7 heteroatoms. The van der Waals surface area contributed by atoms with Crippen molar-refractivity contribution in [2.45, 2.75) is 31.4 Å². The van der Waals surface area contributed by atoms with Crippen molar-refractivity contribution in [1.29, 1.82) is 0 Å². The van der Waals surface area contributed by atoms with Crippen molar-refractivity contribution in [3.05, 3.63) is 95.1 Å². The van der Waals surface area contributed by atoms with Crippen LogP contribution < -0.4 is 16.4 Å². The van der Waals surface area contributed by atoms with E-state index in [2.05, 4.69) is 17.6 Å². The fourth-order valence-corrected chi connectivity index (χ4v) is 4.19. The molecule has 3 aromatic carbocycles. The zero-order valence-corrected chi connectivity index (χ0v) is 18.3. The van der Waals surface area contributed by atoms with Crippen LogP contribution in [0.2, 0.25) is 0 Å². The number of hydrogen-bond acceptors (Lipinski definition) is 4. The van der Waals surface area contributed by atoms with Crippen LogP contribution in [0, 0.1) is 0 Å². The van der Waals surface area contributed by atoms with Gasteiger partial charge in [-0.15, -0.1) is 0 Å². The zero-order valence-electron chi connectivity index (χ0n) is 18.3. The highest BCUT2D eigenvalue weighted by Crippen LogP contribution is 2.35. The Bertz CT molecular complexity index is 1220. The molecule has 1 heterocycles. The fourth-order valence-electron chi connectivity index (χ4n) is 4.19. The van der Waals surface area contributed by atoms with Gasteiger partial charge in [0.25, 0.3) is 5.91 Å². The van der Waals surface area contributed by atoms with Crippen LogP contribution in [0.25, 0.3) is 11.1 Å². The molecule has 0 radical (unpaired) electrons. The Morgan fingerprint density at radius 2 is 1.64 bits per heavy atom. The van der Waals surface area contributed by atoms with Crippen LogP contribution in [0.15, 0.2) is 72.8 Å². The Balaban J connectivity index is 1.71. The van der Waals surface area contributed by atoms with Gasteiger partial charge in [-0.1, -0.05) is 67.6 Å². The van der Waals surface area contributed by atoms with E-state index in [9.17, 15) is 19.5 Å². The minimum absolute atomic E-state index is 0.00192. The molecule has 4 rings (SSSR count). The van der Waals surface area contributed by atoms with Gasteiger partial charge in [-0.25, -0.2) is 4.79 Å². The molecule has 3 atom stereocenters. The highest BCUT2D eigenvalue weighted by Gasteiger charge is 2.48. The van der Waals surface area contributed by atoms with Crippen LogP contribution in [0.3, 0.4) is 0 Å². The Kier molecular flexibility index (Phi) is 5.74. The molecule has 1 saturated heterocycles. The molecule has 3 aromatic rings. The first-order valence-corrected chi connectivity index (χ1v) is 10.6. The fraction of sp³-hybridized carbons (Fsp3) is 0.192. The first-order valence-electron chi connectivity index (χ1n) is 10.6. The van der Waals surface area contributed by atoms with Gasteiger partial charge in [0.05, 0.1) is 0 Å². The third-order valence-electron chi connectivity index (χ3n) is 6.26. The molecule has 1 fully saturated rings. The molecular weight excluding hydrogens is 418 g/mol. The molecule has 0 aliphatic carbocycles. The lowest BCUT2D eigenvalue weighted by Crippen LogP contribution is -2.49. The second-order valence-corrected chi connectivity index (χ2v) is 8.43. The van der Waals surface area contributed by atoms with Gasteiger partial charge in [-0.2, -0.15) is 0 Å². The molecule has 4 amide bonds. The van der Waals surface area contributed by atoms with Gasteiger partial charge in [0.1, 0.15) is 11.6 Å². The van der Waals surface area contributed by atoms with E-state index in [-0.39, 0.29) is 5.92 Å². The maximum atomic E-state index is 12.2. The van der Waals surface area contributed by atoms with Crippen molar-refractivity contribution < 1.29 is 19.5 Å². The normalized spacial score (nSPS) is 19.5. The molecule has 5 N–H and O–H groups in total. The van der Waals surface area contributed by atoms with Crippen LogP contribution >= 0.6 is 0 Å². The zero-order chi connectivity index (χ0) is 23.8. The Hall–Kier alpha value is -3.97. The summed E-state index contributed by atoms with van der Waals surface area (Å²) >= 11 is 0. The summed E-state index contributed by atoms with van der Waals surface area (Å²) in [4.78, 5) is 35.5. The highest BCUT2D eigenvalue weighted by atomic mass is 16.3. The summed E-state index contributed by atoms with van der Waals surface area (Å²) in [5.41, 5.74) is 8.85. The van der Waals surface area contributed by atoms with Gasteiger partial charge in [0.15, 0.2) is 0 Å². The minimum Gasteiger partial charge on any atom is -0.385 e. The smallest absolute Gasteiger partial charge is 0.322 e. The van der Waals surface area contributed by atoms with Crippen LogP contribution in [0.5, 0.6) is 0 Å². The maximum Gasteiger partial charge on any atom is 0.322 e. The number of imide groups is 1. The number of rotatable bonds is 6. The average Bonchev–Trinajstić information content (AvgIpc) is 3.10. The molecule has 0 saturated carbocycles. The molecular formula is C26H25N3O4. The third kappa shape index (κ3) is 4.10. The Labute approximate surface area is 191 Å². The number of benzene rings is 3. The molecule has 168 valence electrons. The Morgan fingerprint density at radius 3 is 2.21 bits per heavy atom. The summed E-state index contributed by atoms with van der Waals surface area (Å²) in [7, 11) is 0. The lowest BCUT2D eigenvalue weighted by Gasteiger charge is -2.27. The number of amides is 4. The quantitative estimate of drug-likeness (QED) is 0.437. The van der Waals surface area contributed by atoms with Gasteiger partial charge in [-0.3, -0.25) is 14.9 Å². The summed E-state index contributed by atoms with van der Waals surface area (Å²) < 4.78 is 0. The van der Waals surface area contributed by atoms with Crippen molar-refractivity contribution in [3.63, 3.8) is 0 Å². The lowest BCUT2D eigenvalue weighted by molar-refractivity contribution is -0.127. The highest BCUT2D eigenvalue weighted by molar-refractivity contribution is 6.07. The van der Waals surface area contributed by atoms with Crippen LogP contribution in [0.4, 0.5) is 4.79 Å². The average molecular weight is 444 g/mol. The van der Waals surface area contributed by atoms with E-state index in [0.717, 1.165) is 22.3 Å². The topological polar surface area (TPSA) is 122 Å².